The Morgan fingerprint density at radius 1 is 0.690 bits per heavy atom. The van der Waals surface area contributed by atoms with Gasteiger partial charge < -0.3 is 0 Å². The van der Waals surface area contributed by atoms with Crippen LogP contribution in [0.15, 0.2) is 48.6 Å². The molecule has 0 spiro atoms. The Balaban J connectivity index is 2.20. The molecular weight excluding hydrogens is 432 g/mol. The van der Waals surface area contributed by atoms with Gasteiger partial charge in [-0.1, -0.05) is 36.5 Å². The van der Waals surface area contributed by atoms with Gasteiger partial charge in [-0.15, -0.1) is 0 Å². The number of hydrogen-bond donors (Lipinski definition) is 0. The fourth-order valence-electron chi connectivity index (χ4n) is 3.39. The molecular formula is C18H18F8O2S. The highest BCUT2D eigenvalue weighted by Crippen LogP contribution is 2.42. The summed E-state index contributed by atoms with van der Waals surface area (Å²) in [6, 6.07) is 0. The van der Waals surface area contributed by atoms with E-state index < -0.39 is 69.7 Å². The van der Waals surface area contributed by atoms with E-state index in [0.717, 1.165) is 24.3 Å². The summed E-state index contributed by atoms with van der Waals surface area (Å²) in [7, 11) is -4.42. The standard InChI is InChI=1S/C18H18F8O2S/c19-15(11-17(21,22)23)7-3-1-5-13(15)9-29(27,28)10-14-6-2-4-8-16(14,20)12-18(24,25)26/h1-8,13-14H,9-12H2. The molecule has 0 N–H and O–H groups in total. The Bertz CT molecular complexity index is 760. The van der Waals surface area contributed by atoms with Gasteiger partial charge in [0.2, 0.25) is 0 Å². The highest BCUT2D eigenvalue weighted by atomic mass is 32.2. The fourth-order valence-corrected chi connectivity index (χ4v) is 5.40. The Morgan fingerprint density at radius 2 is 1.03 bits per heavy atom. The van der Waals surface area contributed by atoms with Crippen LogP contribution in [0, 0.1) is 11.8 Å². The van der Waals surface area contributed by atoms with Crippen LogP contribution in [0.1, 0.15) is 12.8 Å². The zero-order valence-corrected chi connectivity index (χ0v) is 15.7. The van der Waals surface area contributed by atoms with Gasteiger partial charge in [-0.25, -0.2) is 17.2 Å². The molecule has 0 aliphatic heterocycles. The molecule has 4 unspecified atom stereocenters. The van der Waals surface area contributed by atoms with Gasteiger partial charge in [-0.3, -0.25) is 0 Å². The van der Waals surface area contributed by atoms with E-state index in [1.54, 1.807) is 0 Å². The topological polar surface area (TPSA) is 34.1 Å². The van der Waals surface area contributed by atoms with Gasteiger partial charge in [0.1, 0.15) is 11.3 Å². The lowest BCUT2D eigenvalue weighted by Gasteiger charge is -2.34. The van der Waals surface area contributed by atoms with Crippen LogP contribution in [0.5, 0.6) is 0 Å². The Hall–Kier alpha value is -1.65. The highest BCUT2D eigenvalue weighted by molar-refractivity contribution is 7.91. The molecule has 2 aliphatic carbocycles. The zero-order valence-electron chi connectivity index (χ0n) is 14.9. The average Bonchev–Trinajstić information content (AvgIpc) is 2.48. The van der Waals surface area contributed by atoms with Crippen LogP contribution in [-0.2, 0) is 9.84 Å². The quantitative estimate of drug-likeness (QED) is 0.521. The molecule has 4 atom stereocenters. The van der Waals surface area contributed by atoms with Gasteiger partial charge in [-0.05, 0) is 12.2 Å². The Morgan fingerprint density at radius 3 is 1.34 bits per heavy atom. The van der Waals surface area contributed by atoms with Gasteiger partial charge >= 0.3 is 12.4 Å². The van der Waals surface area contributed by atoms with Crippen LogP contribution >= 0.6 is 0 Å². The monoisotopic (exact) mass is 450 g/mol. The van der Waals surface area contributed by atoms with Crippen molar-refractivity contribution in [2.75, 3.05) is 11.5 Å². The first kappa shape index (κ1) is 23.6. The number of allylic oxidation sites excluding steroid dienone is 8. The van der Waals surface area contributed by atoms with E-state index in [2.05, 4.69) is 0 Å². The number of halogens is 8. The van der Waals surface area contributed by atoms with Crippen LogP contribution in [0.25, 0.3) is 0 Å². The summed E-state index contributed by atoms with van der Waals surface area (Å²) < 4.78 is 131. The molecule has 0 amide bonds. The van der Waals surface area contributed by atoms with Gasteiger partial charge in [0, 0.05) is 11.8 Å². The molecule has 164 valence electrons. The lowest BCUT2D eigenvalue weighted by atomic mass is 9.84. The van der Waals surface area contributed by atoms with E-state index in [4.69, 9.17) is 0 Å². The van der Waals surface area contributed by atoms with Gasteiger partial charge in [0.15, 0.2) is 9.84 Å². The molecule has 2 rings (SSSR count). The Labute approximate surface area is 162 Å². The van der Waals surface area contributed by atoms with Crippen molar-refractivity contribution >= 4 is 9.84 Å². The van der Waals surface area contributed by atoms with Crippen LogP contribution < -0.4 is 0 Å². The Kier molecular flexibility index (Phi) is 6.42. The molecule has 11 heteroatoms. The minimum atomic E-state index is -4.91. The van der Waals surface area contributed by atoms with Gasteiger partial charge in [0.25, 0.3) is 0 Å². The van der Waals surface area contributed by atoms with Crippen LogP contribution in [0.2, 0.25) is 0 Å². The highest BCUT2D eigenvalue weighted by Gasteiger charge is 2.50. The summed E-state index contributed by atoms with van der Waals surface area (Å²) in [6.07, 6.45) is -6.16. The summed E-state index contributed by atoms with van der Waals surface area (Å²) >= 11 is 0. The third kappa shape index (κ3) is 6.68. The summed E-state index contributed by atoms with van der Waals surface area (Å²) in [5, 5.41) is 0. The molecule has 29 heavy (non-hydrogen) atoms. The van der Waals surface area contributed by atoms with Crippen molar-refractivity contribution in [3.05, 3.63) is 48.6 Å². The second-order valence-corrected chi connectivity index (χ2v) is 9.37. The number of alkyl halides is 8. The molecule has 0 heterocycles. The van der Waals surface area contributed by atoms with Crippen molar-refractivity contribution in [1.82, 2.24) is 0 Å². The molecule has 2 nitrogen and oxygen atoms in total. The second-order valence-electron chi connectivity index (χ2n) is 7.22. The number of rotatable bonds is 6. The van der Waals surface area contributed by atoms with Crippen molar-refractivity contribution in [1.29, 1.82) is 0 Å². The minimum Gasteiger partial charge on any atom is -0.238 e. The third-order valence-corrected chi connectivity index (χ3v) is 6.43. The predicted molar refractivity (Wildman–Crippen MR) is 91.2 cm³/mol. The first-order valence-electron chi connectivity index (χ1n) is 8.47. The van der Waals surface area contributed by atoms with E-state index in [1.807, 2.05) is 0 Å². The molecule has 0 saturated heterocycles. The molecule has 0 aromatic rings. The zero-order chi connectivity index (χ0) is 22.1. The molecule has 0 fully saturated rings. The summed E-state index contributed by atoms with van der Waals surface area (Å²) in [5.74, 6) is -5.62. The maximum absolute atomic E-state index is 14.8. The molecule has 0 saturated carbocycles. The van der Waals surface area contributed by atoms with E-state index in [9.17, 15) is 43.5 Å². The summed E-state index contributed by atoms with van der Waals surface area (Å²) in [4.78, 5) is 0. The van der Waals surface area contributed by atoms with E-state index >= 15 is 0 Å². The van der Waals surface area contributed by atoms with Crippen molar-refractivity contribution in [3.8, 4) is 0 Å². The minimum absolute atomic E-state index is 0.604. The molecule has 0 aromatic heterocycles. The lowest BCUT2D eigenvalue weighted by molar-refractivity contribution is -0.160. The predicted octanol–water partition coefficient (Wildman–Crippen LogP) is 5.21. The molecule has 0 radical (unpaired) electrons. The van der Waals surface area contributed by atoms with Crippen molar-refractivity contribution in [2.24, 2.45) is 11.8 Å². The first-order valence-corrected chi connectivity index (χ1v) is 10.3. The smallest absolute Gasteiger partial charge is 0.238 e. The van der Waals surface area contributed by atoms with Crippen molar-refractivity contribution < 1.29 is 43.5 Å². The van der Waals surface area contributed by atoms with Gasteiger partial charge in [-0.2, -0.15) is 26.3 Å². The number of hydrogen-bond acceptors (Lipinski definition) is 2. The maximum Gasteiger partial charge on any atom is 0.392 e. The maximum atomic E-state index is 14.8. The largest absolute Gasteiger partial charge is 0.392 e. The number of sulfone groups is 1. The second kappa shape index (κ2) is 7.88. The van der Waals surface area contributed by atoms with E-state index in [1.165, 1.54) is 12.2 Å². The molecule has 0 aromatic carbocycles. The SMILES string of the molecule is O=S(=O)(CC1C=CC=CC1(F)CC(F)(F)F)CC1C=CC=CC1(F)CC(F)(F)F. The summed E-state index contributed by atoms with van der Waals surface area (Å²) in [5.41, 5.74) is -6.05. The van der Waals surface area contributed by atoms with Crippen LogP contribution in [-0.4, -0.2) is 43.6 Å². The van der Waals surface area contributed by atoms with E-state index in [0.29, 0.717) is 12.2 Å². The molecule has 0 bridgehead atoms. The first-order chi connectivity index (χ1) is 13.0. The fraction of sp³-hybridized carbons (Fsp3) is 0.556. The van der Waals surface area contributed by atoms with Crippen LogP contribution in [0.4, 0.5) is 35.1 Å². The lowest BCUT2D eigenvalue weighted by Crippen LogP contribution is -2.43. The van der Waals surface area contributed by atoms with Gasteiger partial charge in [0.05, 0.1) is 24.3 Å². The van der Waals surface area contributed by atoms with Crippen molar-refractivity contribution in [2.45, 2.75) is 36.5 Å². The molecule has 2 aliphatic rings. The average molecular weight is 450 g/mol. The summed E-state index contributed by atoms with van der Waals surface area (Å²) in [6.45, 7) is 0. The third-order valence-electron chi connectivity index (χ3n) is 4.70. The van der Waals surface area contributed by atoms with E-state index in [-0.39, 0.29) is 0 Å². The normalized spacial score (nSPS) is 32.7. The van der Waals surface area contributed by atoms with Crippen molar-refractivity contribution in [3.63, 3.8) is 0 Å². The van der Waals surface area contributed by atoms with Crippen LogP contribution in [0.3, 0.4) is 0 Å².